The molecule has 0 bridgehead atoms. The van der Waals surface area contributed by atoms with E-state index in [1.165, 1.54) is 4.88 Å². The second-order valence-electron chi connectivity index (χ2n) is 5.65. The maximum absolute atomic E-state index is 11.6. The zero-order valence-corrected chi connectivity index (χ0v) is 13.4. The minimum absolute atomic E-state index is 0.117. The Labute approximate surface area is 119 Å². The van der Waals surface area contributed by atoms with Crippen LogP contribution < -0.4 is 5.32 Å². The zero-order valence-electron chi connectivity index (χ0n) is 11.8. The lowest BCUT2D eigenvalue weighted by Crippen LogP contribution is -2.07. The molecule has 4 nitrogen and oxygen atoms in total. The van der Waals surface area contributed by atoms with Gasteiger partial charge in [0.2, 0.25) is 0 Å². The predicted octanol–water partition coefficient (Wildman–Crippen LogP) is 1.96. The first-order valence-electron chi connectivity index (χ1n) is 6.74. The van der Waals surface area contributed by atoms with Crippen molar-refractivity contribution in [2.24, 2.45) is 5.92 Å². The number of rotatable bonds is 5. The summed E-state index contributed by atoms with van der Waals surface area (Å²) in [5.74, 6) is 1.28. The Balaban J connectivity index is 2.22. The molecule has 0 spiro atoms. The average Bonchev–Trinajstić information content (AvgIpc) is 2.83. The van der Waals surface area contributed by atoms with Crippen molar-refractivity contribution in [1.82, 2.24) is 10.3 Å². The van der Waals surface area contributed by atoms with Crippen molar-refractivity contribution in [3.63, 3.8) is 0 Å². The smallest absolute Gasteiger partial charge is 0.151 e. The first kappa shape index (κ1) is 14.9. The summed E-state index contributed by atoms with van der Waals surface area (Å²) in [6.07, 6.45) is 1.70. The molecule has 1 fully saturated rings. The van der Waals surface area contributed by atoms with Crippen LogP contribution in [-0.4, -0.2) is 32.0 Å². The SMILES string of the molecule is CNCc1sc(C2CCS(=O)(=O)C2)nc1CC(C)C. The third kappa shape index (κ3) is 3.77. The fourth-order valence-electron chi connectivity index (χ4n) is 2.41. The van der Waals surface area contributed by atoms with Gasteiger partial charge in [-0.15, -0.1) is 11.3 Å². The van der Waals surface area contributed by atoms with Crippen molar-refractivity contribution in [3.8, 4) is 0 Å². The Morgan fingerprint density at radius 2 is 2.21 bits per heavy atom. The van der Waals surface area contributed by atoms with Crippen LogP contribution in [0.3, 0.4) is 0 Å². The largest absolute Gasteiger partial charge is 0.315 e. The van der Waals surface area contributed by atoms with Gasteiger partial charge in [-0.1, -0.05) is 13.8 Å². The van der Waals surface area contributed by atoms with Crippen LogP contribution in [0, 0.1) is 5.92 Å². The molecule has 1 aliphatic rings. The van der Waals surface area contributed by atoms with Crippen molar-refractivity contribution < 1.29 is 8.42 Å². The van der Waals surface area contributed by atoms with Gasteiger partial charge in [-0.25, -0.2) is 13.4 Å². The molecule has 0 radical (unpaired) electrons. The standard InChI is InChI=1S/C13H22N2O2S2/c1-9(2)6-11-12(7-14-3)18-13(15-11)10-4-5-19(16,17)8-10/h9-10,14H,4-8H2,1-3H3. The van der Waals surface area contributed by atoms with Crippen LogP contribution in [-0.2, 0) is 22.8 Å². The average molecular weight is 302 g/mol. The van der Waals surface area contributed by atoms with E-state index in [4.69, 9.17) is 4.98 Å². The molecule has 0 amide bonds. The van der Waals surface area contributed by atoms with Crippen LogP contribution in [0.2, 0.25) is 0 Å². The molecule has 1 unspecified atom stereocenters. The number of thiazole rings is 1. The highest BCUT2D eigenvalue weighted by molar-refractivity contribution is 7.91. The van der Waals surface area contributed by atoms with Crippen LogP contribution >= 0.6 is 11.3 Å². The highest BCUT2D eigenvalue weighted by Gasteiger charge is 2.31. The van der Waals surface area contributed by atoms with E-state index in [2.05, 4.69) is 19.2 Å². The van der Waals surface area contributed by atoms with Crippen molar-refractivity contribution in [1.29, 1.82) is 0 Å². The van der Waals surface area contributed by atoms with Gasteiger partial charge in [0.1, 0.15) is 0 Å². The van der Waals surface area contributed by atoms with Crippen LogP contribution in [0.1, 0.15) is 41.8 Å². The van der Waals surface area contributed by atoms with E-state index in [1.807, 2.05) is 7.05 Å². The molecule has 1 saturated heterocycles. The van der Waals surface area contributed by atoms with Crippen LogP contribution in [0.15, 0.2) is 0 Å². The minimum atomic E-state index is -2.83. The lowest BCUT2D eigenvalue weighted by atomic mass is 10.1. The van der Waals surface area contributed by atoms with Crippen molar-refractivity contribution in [2.75, 3.05) is 18.6 Å². The first-order valence-corrected chi connectivity index (χ1v) is 9.38. The fraction of sp³-hybridized carbons (Fsp3) is 0.769. The van der Waals surface area contributed by atoms with E-state index >= 15 is 0 Å². The summed E-state index contributed by atoms with van der Waals surface area (Å²) in [4.78, 5) is 5.99. The maximum atomic E-state index is 11.6. The second-order valence-corrected chi connectivity index (χ2v) is 8.99. The molecule has 1 aromatic heterocycles. The number of aromatic nitrogens is 1. The van der Waals surface area contributed by atoms with Gasteiger partial charge in [0, 0.05) is 17.3 Å². The monoisotopic (exact) mass is 302 g/mol. The van der Waals surface area contributed by atoms with Gasteiger partial charge in [-0.05, 0) is 25.8 Å². The van der Waals surface area contributed by atoms with Gasteiger partial charge in [0.05, 0.1) is 22.2 Å². The van der Waals surface area contributed by atoms with Crippen LogP contribution in [0.5, 0.6) is 0 Å². The normalized spacial score (nSPS) is 22.2. The molecular formula is C13H22N2O2S2. The summed E-state index contributed by atoms with van der Waals surface area (Å²) >= 11 is 1.69. The molecule has 0 saturated carbocycles. The third-order valence-corrected chi connectivity index (χ3v) is 6.34. The van der Waals surface area contributed by atoms with E-state index in [1.54, 1.807) is 11.3 Å². The van der Waals surface area contributed by atoms with Gasteiger partial charge < -0.3 is 5.32 Å². The maximum Gasteiger partial charge on any atom is 0.151 e. The number of nitrogens with one attached hydrogen (secondary N) is 1. The topological polar surface area (TPSA) is 59.1 Å². The van der Waals surface area contributed by atoms with Crippen LogP contribution in [0.25, 0.3) is 0 Å². The van der Waals surface area contributed by atoms with E-state index in [0.29, 0.717) is 11.7 Å². The van der Waals surface area contributed by atoms with Gasteiger partial charge >= 0.3 is 0 Å². The third-order valence-electron chi connectivity index (χ3n) is 3.32. The van der Waals surface area contributed by atoms with Crippen molar-refractivity contribution in [2.45, 2.75) is 39.2 Å². The highest BCUT2D eigenvalue weighted by atomic mass is 32.2. The molecule has 0 aromatic carbocycles. The second kappa shape index (κ2) is 5.89. The molecular weight excluding hydrogens is 280 g/mol. The summed E-state index contributed by atoms with van der Waals surface area (Å²) < 4.78 is 23.1. The highest BCUT2D eigenvalue weighted by Crippen LogP contribution is 2.33. The number of hydrogen-bond donors (Lipinski definition) is 1. The molecule has 1 atom stereocenters. The van der Waals surface area contributed by atoms with Gasteiger partial charge in [-0.2, -0.15) is 0 Å². The first-order chi connectivity index (χ1) is 8.91. The molecule has 1 aromatic rings. The predicted molar refractivity (Wildman–Crippen MR) is 79.4 cm³/mol. The van der Waals surface area contributed by atoms with E-state index in [-0.39, 0.29) is 11.7 Å². The van der Waals surface area contributed by atoms with Crippen molar-refractivity contribution >= 4 is 21.2 Å². The molecule has 2 heterocycles. The van der Waals surface area contributed by atoms with Gasteiger partial charge in [0.15, 0.2) is 9.84 Å². The van der Waals surface area contributed by atoms with Crippen molar-refractivity contribution in [3.05, 3.63) is 15.6 Å². The Bertz CT molecular complexity index is 535. The number of hydrogen-bond acceptors (Lipinski definition) is 5. The van der Waals surface area contributed by atoms with Gasteiger partial charge in [0.25, 0.3) is 0 Å². The van der Waals surface area contributed by atoms with E-state index < -0.39 is 9.84 Å². The van der Waals surface area contributed by atoms with E-state index in [9.17, 15) is 8.42 Å². The number of sulfone groups is 1. The molecule has 108 valence electrons. The fourth-order valence-corrected chi connectivity index (χ4v) is 5.51. The lowest BCUT2D eigenvalue weighted by Gasteiger charge is -2.04. The Morgan fingerprint density at radius 1 is 1.47 bits per heavy atom. The Hall–Kier alpha value is -0.460. The molecule has 1 aliphatic heterocycles. The molecule has 1 N–H and O–H groups in total. The summed E-state index contributed by atoms with van der Waals surface area (Å²) in [5, 5.41) is 4.19. The Kier molecular flexibility index (Phi) is 4.63. The molecule has 0 aliphatic carbocycles. The molecule has 2 rings (SSSR count). The summed E-state index contributed by atoms with van der Waals surface area (Å²) in [5.41, 5.74) is 1.15. The molecule has 19 heavy (non-hydrogen) atoms. The summed E-state index contributed by atoms with van der Waals surface area (Å²) in [6.45, 7) is 5.18. The lowest BCUT2D eigenvalue weighted by molar-refractivity contribution is 0.601. The summed E-state index contributed by atoms with van der Waals surface area (Å²) in [6, 6.07) is 0. The summed E-state index contributed by atoms with van der Waals surface area (Å²) in [7, 11) is -0.902. The van der Waals surface area contributed by atoms with E-state index in [0.717, 1.165) is 30.1 Å². The van der Waals surface area contributed by atoms with Gasteiger partial charge in [-0.3, -0.25) is 0 Å². The van der Waals surface area contributed by atoms with Crippen LogP contribution in [0.4, 0.5) is 0 Å². The quantitative estimate of drug-likeness (QED) is 0.903. The Morgan fingerprint density at radius 3 is 2.74 bits per heavy atom. The molecule has 6 heteroatoms. The number of nitrogens with zero attached hydrogens (tertiary/aromatic N) is 1. The zero-order chi connectivity index (χ0) is 14.0. The minimum Gasteiger partial charge on any atom is -0.315 e.